The van der Waals surface area contributed by atoms with Gasteiger partial charge in [-0.15, -0.1) is 0 Å². The number of nitrogens with one attached hydrogen (secondary N) is 1. The van der Waals surface area contributed by atoms with Crippen LogP contribution >= 0.6 is 0 Å². The molecular weight excluding hydrogens is 312 g/mol. The van der Waals surface area contributed by atoms with Crippen LogP contribution in [0.5, 0.6) is 0 Å². The summed E-state index contributed by atoms with van der Waals surface area (Å²) < 4.78 is 31.8. The molecule has 1 aliphatic rings. The molecule has 0 aliphatic carbocycles. The molecule has 0 amide bonds. The fourth-order valence-corrected chi connectivity index (χ4v) is 4.31. The maximum atomic E-state index is 11.6. The molecule has 1 aliphatic heterocycles. The van der Waals surface area contributed by atoms with Gasteiger partial charge in [-0.25, -0.2) is 13.1 Å². The smallest absolute Gasteiger partial charge is 0.209 e. The molecule has 1 fully saturated rings. The fourth-order valence-electron chi connectivity index (χ4n) is 3.50. The molecule has 3 rings (SSSR count). The highest BCUT2D eigenvalue weighted by molar-refractivity contribution is 7.88. The average Bonchev–Trinajstić information content (AvgIpc) is 3.01. The topological polar surface area (TPSA) is 62.6 Å². The van der Waals surface area contributed by atoms with Gasteiger partial charge in [-0.05, 0) is 24.5 Å². The Balaban J connectivity index is 1.70. The SMILES string of the molecule is CCC[C@@H]1CN(Cc2cc3ccccc3o2)C[C@H]1NS(C)(=O)=O. The first-order valence-corrected chi connectivity index (χ1v) is 10.0. The summed E-state index contributed by atoms with van der Waals surface area (Å²) in [4.78, 5) is 2.28. The number of fused-ring (bicyclic) bond motifs is 1. The van der Waals surface area contributed by atoms with E-state index in [4.69, 9.17) is 4.42 Å². The average molecular weight is 336 g/mol. The second kappa shape index (κ2) is 6.63. The number of para-hydroxylation sites is 1. The van der Waals surface area contributed by atoms with Crippen molar-refractivity contribution >= 4 is 21.0 Å². The summed E-state index contributed by atoms with van der Waals surface area (Å²) in [7, 11) is -3.18. The first kappa shape index (κ1) is 16.5. The molecule has 126 valence electrons. The zero-order valence-electron chi connectivity index (χ0n) is 13.7. The summed E-state index contributed by atoms with van der Waals surface area (Å²) in [6.07, 6.45) is 3.33. The van der Waals surface area contributed by atoms with Crippen LogP contribution in [0.4, 0.5) is 0 Å². The zero-order valence-corrected chi connectivity index (χ0v) is 14.5. The molecule has 23 heavy (non-hydrogen) atoms. The summed E-state index contributed by atoms with van der Waals surface area (Å²) in [5.74, 6) is 1.29. The van der Waals surface area contributed by atoms with Crippen LogP contribution in [0.3, 0.4) is 0 Å². The van der Waals surface area contributed by atoms with E-state index in [1.807, 2.05) is 24.3 Å². The van der Waals surface area contributed by atoms with E-state index in [1.54, 1.807) is 0 Å². The summed E-state index contributed by atoms with van der Waals surface area (Å²) in [5, 5.41) is 1.11. The number of rotatable bonds is 6. The third-order valence-electron chi connectivity index (χ3n) is 4.40. The zero-order chi connectivity index (χ0) is 16.4. The Morgan fingerprint density at radius 3 is 2.78 bits per heavy atom. The lowest BCUT2D eigenvalue weighted by atomic mass is 9.99. The molecule has 1 aromatic heterocycles. The van der Waals surface area contributed by atoms with Crippen LogP contribution in [0.15, 0.2) is 34.7 Å². The molecule has 0 saturated carbocycles. The number of sulfonamides is 1. The Hall–Kier alpha value is -1.37. The second-order valence-electron chi connectivity index (χ2n) is 6.49. The Labute approximate surface area is 137 Å². The number of hydrogen-bond donors (Lipinski definition) is 1. The maximum absolute atomic E-state index is 11.6. The number of furan rings is 1. The molecule has 0 unspecified atom stereocenters. The molecule has 1 N–H and O–H groups in total. The maximum Gasteiger partial charge on any atom is 0.209 e. The predicted molar refractivity (Wildman–Crippen MR) is 91.7 cm³/mol. The molecule has 0 bridgehead atoms. The van der Waals surface area contributed by atoms with E-state index in [2.05, 4.69) is 22.6 Å². The number of likely N-dealkylation sites (tertiary alicyclic amines) is 1. The minimum Gasteiger partial charge on any atom is -0.460 e. The largest absolute Gasteiger partial charge is 0.460 e. The monoisotopic (exact) mass is 336 g/mol. The highest BCUT2D eigenvalue weighted by Gasteiger charge is 2.34. The fraction of sp³-hybridized carbons (Fsp3) is 0.529. The summed E-state index contributed by atoms with van der Waals surface area (Å²) in [5.41, 5.74) is 0.901. The molecule has 0 spiro atoms. The minimum atomic E-state index is -3.18. The van der Waals surface area contributed by atoms with Crippen LogP contribution in [-0.2, 0) is 16.6 Å². The lowest BCUT2D eigenvalue weighted by molar-refractivity contribution is 0.287. The highest BCUT2D eigenvalue weighted by atomic mass is 32.2. The minimum absolute atomic E-state index is 0.00525. The molecule has 1 aromatic carbocycles. The van der Waals surface area contributed by atoms with Gasteiger partial charge < -0.3 is 4.42 Å². The van der Waals surface area contributed by atoms with E-state index in [9.17, 15) is 8.42 Å². The van der Waals surface area contributed by atoms with Crippen LogP contribution < -0.4 is 4.72 Å². The van der Waals surface area contributed by atoms with Crippen molar-refractivity contribution in [3.05, 3.63) is 36.1 Å². The lowest BCUT2D eigenvalue weighted by Crippen LogP contribution is -2.39. The van der Waals surface area contributed by atoms with Crippen molar-refractivity contribution in [3.63, 3.8) is 0 Å². The molecule has 5 nitrogen and oxygen atoms in total. The number of nitrogens with zero attached hydrogens (tertiary/aromatic N) is 1. The van der Waals surface area contributed by atoms with E-state index in [0.29, 0.717) is 5.92 Å². The van der Waals surface area contributed by atoms with Crippen molar-refractivity contribution in [2.45, 2.75) is 32.4 Å². The lowest BCUT2D eigenvalue weighted by Gasteiger charge is -2.17. The Kier molecular flexibility index (Phi) is 4.75. The summed E-state index contributed by atoms with van der Waals surface area (Å²) >= 11 is 0. The van der Waals surface area contributed by atoms with Crippen LogP contribution in [0.25, 0.3) is 11.0 Å². The Bertz CT molecular complexity index is 736. The highest BCUT2D eigenvalue weighted by Crippen LogP contribution is 2.26. The summed E-state index contributed by atoms with van der Waals surface area (Å²) in [6.45, 7) is 4.49. The van der Waals surface area contributed by atoms with Crippen LogP contribution in [0.1, 0.15) is 25.5 Å². The third-order valence-corrected chi connectivity index (χ3v) is 5.13. The van der Waals surface area contributed by atoms with Gasteiger partial charge in [-0.2, -0.15) is 0 Å². The van der Waals surface area contributed by atoms with Gasteiger partial charge in [0.05, 0.1) is 12.8 Å². The first-order valence-electron chi connectivity index (χ1n) is 8.11. The van der Waals surface area contributed by atoms with Gasteiger partial charge in [0.2, 0.25) is 10.0 Å². The molecule has 2 heterocycles. The van der Waals surface area contributed by atoms with E-state index < -0.39 is 10.0 Å². The van der Waals surface area contributed by atoms with Gasteiger partial charge in [0, 0.05) is 24.5 Å². The molecule has 1 saturated heterocycles. The van der Waals surface area contributed by atoms with Crippen LogP contribution in [0, 0.1) is 5.92 Å². The normalized spacial score (nSPS) is 22.9. The van der Waals surface area contributed by atoms with Gasteiger partial charge in [0.1, 0.15) is 11.3 Å². The first-order chi connectivity index (χ1) is 10.9. The van der Waals surface area contributed by atoms with Gasteiger partial charge >= 0.3 is 0 Å². The van der Waals surface area contributed by atoms with Gasteiger partial charge in [0.25, 0.3) is 0 Å². The van der Waals surface area contributed by atoms with Crippen molar-refractivity contribution in [3.8, 4) is 0 Å². The second-order valence-corrected chi connectivity index (χ2v) is 8.27. The quantitative estimate of drug-likeness (QED) is 0.881. The number of benzene rings is 1. The Morgan fingerprint density at radius 1 is 1.30 bits per heavy atom. The molecule has 6 heteroatoms. The van der Waals surface area contributed by atoms with Crippen molar-refractivity contribution in [2.24, 2.45) is 5.92 Å². The number of hydrogen-bond acceptors (Lipinski definition) is 4. The third kappa shape index (κ3) is 4.13. The van der Waals surface area contributed by atoms with Crippen molar-refractivity contribution in [2.75, 3.05) is 19.3 Å². The molecular formula is C17H24N2O3S. The predicted octanol–water partition coefficient (Wildman–Crippen LogP) is 2.58. The van der Waals surface area contributed by atoms with E-state index in [0.717, 1.165) is 49.2 Å². The summed E-state index contributed by atoms with van der Waals surface area (Å²) in [6, 6.07) is 10.0. The standard InChI is InChI=1S/C17H24N2O3S/c1-3-6-14-10-19(12-16(14)18-23(2,20)21)11-15-9-13-7-4-5-8-17(13)22-15/h4-5,7-9,14,16,18H,3,6,10-12H2,1-2H3/t14-,16-/m1/s1. The van der Waals surface area contributed by atoms with Gasteiger partial charge in [0.15, 0.2) is 0 Å². The molecule has 2 atom stereocenters. The molecule has 0 radical (unpaired) electrons. The van der Waals surface area contributed by atoms with Gasteiger partial charge in [-0.3, -0.25) is 4.90 Å². The van der Waals surface area contributed by atoms with E-state index in [-0.39, 0.29) is 6.04 Å². The Morgan fingerprint density at radius 2 is 2.09 bits per heavy atom. The van der Waals surface area contributed by atoms with Crippen molar-refractivity contribution in [1.82, 2.24) is 9.62 Å². The van der Waals surface area contributed by atoms with Gasteiger partial charge in [-0.1, -0.05) is 31.5 Å². The van der Waals surface area contributed by atoms with E-state index in [1.165, 1.54) is 6.26 Å². The van der Waals surface area contributed by atoms with Crippen LogP contribution in [-0.4, -0.2) is 38.7 Å². The van der Waals surface area contributed by atoms with Crippen molar-refractivity contribution < 1.29 is 12.8 Å². The van der Waals surface area contributed by atoms with Crippen LogP contribution in [0.2, 0.25) is 0 Å². The van der Waals surface area contributed by atoms with Crippen molar-refractivity contribution in [1.29, 1.82) is 0 Å². The van der Waals surface area contributed by atoms with E-state index >= 15 is 0 Å². The molecule has 2 aromatic rings.